The van der Waals surface area contributed by atoms with Crippen molar-refractivity contribution in [3.8, 4) is 11.3 Å². The van der Waals surface area contributed by atoms with Crippen LogP contribution in [-0.2, 0) is 11.2 Å². The maximum atomic E-state index is 12.1. The number of amides is 2. The predicted octanol–water partition coefficient (Wildman–Crippen LogP) is 3.55. The number of nitrogens with one attached hydrogen (secondary N) is 2. The molecule has 1 aromatic carbocycles. The highest BCUT2D eigenvalue weighted by Gasteiger charge is 2.23. The van der Waals surface area contributed by atoms with E-state index < -0.39 is 0 Å². The third-order valence-electron chi connectivity index (χ3n) is 4.25. The van der Waals surface area contributed by atoms with E-state index in [-0.39, 0.29) is 12.1 Å². The van der Waals surface area contributed by atoms with Gasteiger partial charge in [0, 0.05) is 30.8 Å². The second-order valence-electron chi connectivity index (χ2n) is 6.24. The van der Waals surface area contributed by atoms with Gasteiger partial charge in [-0.05, 0) is 37.1 Å². The highest BCUT2D eigenvalue weighted by molar-refractivity contribution is 5.89. The molecule has 3 aromatic rings. The Labute approximate surface area is 155 Å². The van der Waals surface area contributed by atoms with Crippen molar-refractivity contribution in [2.45, 2.75) is 25.4 Å². The van der Waals surface area contributed by atoms with Gasteiger partial charge in [0.1, 0.15) is 11.9 Å². The Bertz CT molecular complexity index is 885. The molecule has 140 valence electrons. The van der Waals surface area contributed by atoms with E-state index in [9.17, 15) is 4.79 Å². The Kier molecular flexibility index (Phi) is 5.15. The fourth-order valence-corrected chi connectivity index (χ4v) is 2.93. The number of carbonyl (C=O) groups is 1. The van der Waals surface area contributed by atoms with E-state index in [1.54, 1.807) is 6.26 Å². The number of hydrogen-bond donors (Lipinski definition) is 2. The molecule has 0 saturated carbocycles. The number of anilines is 1. The molecule has 4 rings (SSSR count). The van der Waals surface area contributed by atoms with Crippen LogP contribution in [-0.4, -0.2) is 29.3 Å². The van der Waals surface area contributed by atoms with Crippen LogP contribution in [0.25, 0.3) is 11.3 Å². The first-order valence-corrected chi connectivity index (χ1v) is 8.91. The maximum absolute atomic E-state index is 12.1. The van der Waals surface area contributed by atoms with E-state index in [4.69, 9.17) is 13.7 Å². The van der Waals surface area contributed by atoms with Crippen LogP contribution in [0.1, 0.15) is 30.7 Å². The zero-order valence-corrected chi connectivity index (χ0v) is 14.7. The Morgan fingerprint density at radius 3 is 3.04 bits per heavy atom. The highest BCUT2D eigenvalue weighted by atomic mass is 16.5. The first kappa shape index (κ1) is 17.3. The molecule has 8 heteroatoms. The molecule has 0 aliphatic carbocycles. The van der Waals surface area contributed by atoms with Crippen molar-refractivity contribution in [2.24, 2.45) is 0 Å². The normalized spacial score (nSPS) is 16.4. The van der Waals surface area contributed by atoms with Gasteiger partial charge in [-0.15, -0.1) is 0 Å². The van der Waals surface area contributed by atoms with Gasteiger partial charge in [0.2, 0.25) is 0 Å². The molecule has 3 heterocycles. The lowest BCUT2D eigenvalue weighted by molar-refractivity contribution is 0.0835. The molecule has 1 aliphatic heterocycles. The molecular formula is C19H20N4O4. The minimum Gasteiger partial charge on any atom is -0.464 e. The molecule has 0 radical (unpaired) electrons. The van der Waals surface area contributed by atoms with Crippen LogP contribution in [0.15, 0.2) is 51.6 Å². The Morgan fingerprint density at radius 1 is 1.26 bits per heavy atom. The third kappa shape index (κ3) is 4.35. The number of rotatable bonds is 6. The van der Waals surface area contributed by atoms with Crippen LogP contribution in [0.4, 0.5) is 10.5 Å². The summed E-state index contributed by atoms with van der Waals surface area (Å²) >= 11 is 0. The average Bonchev–Trinajstić information content (AvgIpc) is 3.43. The SMILES string of the molecule is O=C(NCCc1noc([C@H]2CCCO2)n1)Nc1cccc(-c2ccco2)c1. The monoisotopic (exact) mass is 368 g/mol. The van der Waals surface area contributed by atoms with E-state index >= 15 is 0 Å². The van der Waals surface area contributed by atoms with Crippen LogP contribution in [0.2, 0.25) is 0 Å². The van der Waals surface area contributed by atoms with Crippen molar-refractivity contribution in [3.05, 3.63) is 54.4 Å². The Morgan fingerprint density at radius 2 is 2.22 bits per heavy atom. The first-order chi connectivity index (χ1) is 13.3. The fourth-order valence-electron chi connectivity index (χ4n) is 2.93. The molecule has 0 spiro atoms. The molecule has 2 aromatic heterocycles. The molecule has 0 bridgehead atoms. The fraction of sp³-hybridized carbons (Fsp3) is 0.316. The standard InChI is InChI=1S/C19H20N4O4/c24-19(21-14-5-1-4-13(12-14)15-6-2-10-25-15)20-9-8-17-22-18(27-23-17)16-7-3-11-26-16/h1-2,4-6,10,12,16H,3,7-9,11H2,(H2,20,21,24)/t16-/m1/s1. The minimum absolute atomic E-state index is 0.0936. The lowest BCUT2D eigenvalue weighted by atomic mass is 10.1. The van der Waals surface area contributed by atoms with Gasteiger partial charge in [0.05, 0.1) is 6.26 Å². The summed E-state index contributed by atoms with van der Waals surface area (Å²) in [7, 11) is 0. The highest BCUT2D eigenvalue weighted by Crippen LogP contribution is 2.27. The van der Waals surface area contributed by atoms with Crippen LogP contribution >= 0.6 is 0 Å². The molecule has 1 fully saturated rings. The first-order valence-electron chi connectivity index (χ1n) is 8.91. The molecule has 2 N–H and O–H groups in total. The number of ether oxygens (including phenoxy) is 1. The van der Waals surface area contributed by atoms with Crippen molar-refractivity contribution in [2.75, 3.05) is 18.5 Å². The lowest BCUT2D eigenvalue weighted by Crippen LogP contribution is -2.30. The molecule has 27 heavy (non-hydrogen) atoms. The number of hydrogen-bond acceptors (Lipinski definition) is 6. The zero-order chi connectivity index (χ0) is 18.5. The summed E-state index contributed by atoms with van der Waals surface area (Å²) in [5.74, 6) is 1.82. The van der Waals surface area contributed by atoms with E-state index in [1.165, 1.54) is 0 Å². The lowest BCUT2D eigenvalue weighted by Gasteiger charge is -2.07. The van der Waals surface area contributed by atoms with Crippen molar-refractivity contribution in [1.29, 1.82) is 0 Å². The van der Waals surface area contributed by atoms with Gasteiger partial charge in [0.25, 0.3) is 5.89 Å². The van der Waals surface area contributed by atoms with Gasteiger partial charge in [0.15, 0.2) is 5.82 Å². The molecule has 1 saturated heterocycles. The van der Waals surface area contributed by atoms with Crippen LogP contribution < -0.4 is 10.6 Å². The maximum Gasteiger partial charge on any atom is 0.319 e. The molecule has 1 aliphatic rings. The number of carbonyl (C=O) groups excluding carboxylic acids is 1. The van der Waals surface area contributed by atoms with Gasteiger partial charge >= 0.3 is 6.03 Å². The summed E-state index contributed by atoms with van der Waals surface area (Å²) in [5.41, 5.74) is 1.58. The Hall–Kier alpha value is -3.13. The largest absolute Gasteiger partial charge is 0.464 e. The summed E-state index contributed by atoms with van der Waals surface area (Å²) in [5, 5.41) is 9.52. The molecule has 1 atom stereocenters. The number of benzene rings is 1. The summed E-state index contributed by atoms with van der Waals surface area (Å²) in [6.07, 6.45) is 3.91. The molecule has 0 unspecified atom stereocenters. The number of urea groups is 1. The summed E-state index contributed by atoms with van der Waals surface area (Å²) in [4.78, 5) is 16.4. The van der Waals surface area contributed by atoms with E-state index in [1.807, 2.05) is 36.4 Å². The predicted molar refractivity (Wildman–Crippen MR) is 97.1 cm³/mol. The van der Waals surface area contributed by atoms with Crippen LogP contribution in [0, 0.1) is 0 Å². The van der Waals surface area contributed by atoms with E-state index in [0.717, 1.165) is 30.8 Å². The molecule has 8 nitrogen and oxygen atoms in total. The van der Waals surface area contributed by atoms with Crippen molar-refractivity contribution in [1.82, 2.24) is 15.5 Å². The van der Waals surface area contributed by atoms with E-state index in [0.29, 0.717) is 30.4 Å². The second kappa shape index (κ2) is 8.05. The van der Waals surface area contributed by atoms with Crippen LogP contribution in [0.5, 0.6) is 0 Å². The van der Waals surface area contributed by atoms with E-state index in [2.05, 4.69) is 20.8 Å². The van der Waals surface area contributed by atoms with Gasteiger partial charge in [-0.1, -0.05) is 17.3 Å². The summed E-state index contributed by atoms with van der Waals surface area (Å²) in [6, 6.07) is 10.8. The van der Waals surface area contributed by atoms with Crippen molar-refractivity contribution >= 4 is 11.7 Å². The van der Waals surface area contributed by atoms with Gasteiger partial charge in [-0.3, -0.25) is 0 Å². The second-order valence-corrected chi connectivity index (χ2v) is 6.24. The van der Waals surface area contributed by atoms with Gasteiger partial charge < -0.3 is 24.3 Å². The quantitative estimate of drug-likeness (QED) is 0.690. The Balaban J connectivity index is 1.26. The third-order valence-corrected chi connectivity index (χ3v) is 4.25. The van der Waals surface area contributed by atoms with Gasteiger partial charge in [-0.2, -0.15) is 4.98 Å². The number of nitrogens with zero attached hydrogens (tertiary/aromatic N) is 2. The summed E-state index contributed by atoms with van der Waals surface area (Å²) in [6.45, 7) is 1.12. The molecule has 2 amide bonds. The average molecular weight is 368 g/mol. The van der Waals surface area contributed by atoms with Crippen molar-refractivity contribution < 1.29 is 18.5 Å². The number of aromatic nitrogens is 2. The zero-order valence-electron chi connectivity index (χ0n) is 14.7. The van der Waals surface area contributed by atoms with Crippen molar-refractivity contribution in [3.63, 3.8) is 0 Å². The van der Waals surface area contributed by atoms with Crippen LogP contribution in [0.3, 0.4) is 0 Å². The number of furan rings is 1. The topological polar surface area (TPSA) is 102 Å². The smallest absolute Gasteiger partial charge is 0.319 e. The molecular weight excluding hydrogens is 348 g/mol. The summed E-state index contributed by atoms with van der Waals surface area (Å²) < 4.78 is 16.1. The van der Waals surface area contributed by atoms with Gasteiger partial charge in [-0.25, -0.2) is 4.79 Å². The minimum atomic E-state index is -0.297.